The van der Waals surface area contributed by atoms with Crippen molar-refractivity contribution in [2.45, 2.75) is 13.1 Å². The van der Waals surface area contributed by atoms with Gasteiger partial charge in [0.15, 0.2) is 0 Å². The number of carbonyl (C=O) groups excluding carboxylic acids is 1. The summed E-state index contributed by atoms with van der Waals surface area (Å²) < 4.78 is 20.3. The molecule has 26 heavy (non-hydrogen) atoms. The third-order valence-corrected chi connectivity index (χ3v) is 3.61. The van der Waals surface area contributed by atoms with Gasteiger partial charge in [0.05, 0.1) is 6.54 Å². The standard InChI is InChI=1S/C19H19FN4O2/c20-16-7-5-15(6-8-16)14-21-19(25)23-17-3-1-4-18(13-17)26-12-11-24-10-2-9-22-24/h1-10,13H,11-12,14H2,(H2,21,23,25). The normalized spacial score (nSPS) is 10.3. The molecular weight excluding hydrogens is 335 g/mol. The van der Waals surface area contributed by atoms with Crippen molar-refractivity contribution in [2.75, 3.05) is 11.9 Å². The van der Waals surface area contributed by atoms with Crippen LogP contribution in [0.3, 0.4) is 0 Å². The summed E-state index contributed by atoms with van der Waals surface area (Å²) in [6.45, 7) is 1.43. The van der Waals surface area contributed by atoms with Gasteiger partial charge in [-0.15, -0.1) is 0 Å². The minimum atomic E-state index is -0.344. The van der Waals surface area contributed by atoms with Crippen LogP contribution in [0, 0.1) is 5.82 Å². The topological polar surface area (TPSA) is 68.2 Å². The van der Waals surface area contributed by atoms with E-state index >= 15 is 0 Å². The molecule has 2 amide bonds. The fourth-order valence-corrected chi connectivity index (χ4v) is 2.31. The van der Waals surface area contributed by atoms with Gasteiger partial charge in [-0.2, -0.15) is 5.10 Å². The summed E-state index contributed by atoms with van der Waals surface area (Å²) in [4.78, 5) is 12.0. The molecule has 0 atom stereocenters. The molecule has 2 aromatic carbocycles. The van der Waals surface area contributed by atoms with Crippen molar-refractivity contribution in [3.63, 3.8) is 0 Å². The number of nitrogens with one attached hydrogen (secondary N) is 2. The molecule has 0 saturated carbocycles. The molecule has 0 radical (unpaired) electrons. The molecule has 0 aliphatic rings. The summed E-state index contributed by atoms with van der Waals surface area (Å²) in [6, 6.07) is 14.6. The van der Waals surface area contributed by atoms with Crippen LogP contribution in [0.4, 0.5) is 14.9 Å². The molecule has 2 N–H and O–H groups in total. The van der Waals surface area contributed by atoms with Gasteiger partial charge in [0.2, 0.25) is 0 Å². The van der Waals surface area contributed by atoms with Gasteiger partial charge in [-0.05, 0) is 35.9 Å². The Bertz CT molecular complexity index is 835. The SMILES string of the molecule is O=C(NCc1ccc(F)cc1)Nc1cccc(OCCn2cccn2)c1. The van der Waals surface area contributed by atoms with Gasteiger partial charge in [0.25, 0.3) is 0 Å². The van der Waals surface area contributed by atoms with Crippen LogP contribution in [0.15, 0.2) is 67.0 Å². The smallest absolute Gasteiger partial charge is 0.319 e. The molecule has 0 spiro atoms. The molecule has 6 nitrogen and oxygen atoms in total. The Labute approximate surface area is 150 Å². The highest BCUT2D eigenvalue weighted by atomic mass is 19.1. The number of nitrogens with zero attached hydrogens (tertiary/aromatic N) is 2. The summed E-state index contributed by atoms with van der Waals surface area (Å²) in [6.07, 6.45) is 3.59. The summed E-state index contributed by atoms with van der Waals surface area (Å²) in [5.74, 6) is 0.357. The zero-order valence-corrected chi connectivity index (χ0v) is 14.1. The Balaban J connectivity index is 1.46. The first-order chi connectivity index (χ1) is 12.7. The molecule has 3 rings (SSSR count). The minimum Gasteiger partial charge on any atom is -0.492 e. The lowest BCUT2D eigenvalue weighted by Gasteiger charge is -2.10. The van der Waals surface area contributed by atoms with E-state index in [0.717, 1.165) is 5.56 Å². The highest BCUT2D eigenvalue weighted by molar-refractivity contribution is 5.89. The maximum absolute atomic E-state index is 12.9. The number of aromatic nitrogens is 2. The number of halogens is 1. The molecule has 3 aromatic rings. The zero-order valence-electron chi connectivity index (χ0n) is 14.1. The van der Waals surface area contributed by atoms with Crippen LogP contribution in [0.2, 0.25) is 0 Å². The van der Waals surface area contributed by atoms with Gasteiger partial charge in [-0.25, -0.2) is 9.18 Å². The number of hydrogen-bond donors (Lipinski definition) is 2. The van der Waals surface area contributed by atoms with E-state index in [-0.39, 0.29) is 11.8 Å². The fourth-order valence-electron chi connectivity index (χ4n) is 2.31. The van der Waals surface area contributed by atoms with Crippen LogP contribution in [-0.4, -0.2) is 22.4 Å². The molecule has 0 fully saturated rings. The first-order valence-electron chi connectivity index (χ1n) is 8.19. The summed E-state index contributed by atoms with van der Waals surface area (Å²) >= 11 is 0. The number of amides is 2. The maximum Gasteiger partial charge on any atom is 0.319 e. The number of rotatable bonds is 7. The highest BCUT2D eigenvalue weighted by Gasteiger charge is 2.04. The predicted octanol–water partition coefficient (Wildman–Crippen LogP) is 3.42. The molecule has 1 aromatic heterocycles. The molecular formula is C19H19FN4O2. The van der Waals surface area contributed by atoms with Crippen LogP contribution >= 0.6 is 0 Å². The van der Waals surface area contributed by atoms with Gasteiger partial charge in [0, 0.05) is 30.7 Å². The average molecular weight is 354 g/mol. The third kappa shape index (κ3) is 5.34. The molecule has 7 heteroatoms. The second-order valence-electron chi connectivity index (χ2n) is 5.58. The van der Waals surface area contributed by atoms with Crippen LogP contribution in [0.25, 0.3) is 0 Å². The number of hydrogen-bond acceptors (Lipinski definition) is 3. The lowest BCUT2D eigenvalue weighted by molar-refractivity contribution is 0.251. The number of benzene rings is 2. The van der Waals surface area contributed by atoms with Crippen molar-refractivity contribution in [1.82, 2.24) is 15.1 Å². The lowest BCUT2D eigenvalue weighted by Crippen LogP contribution is -2.28. The van der Waals surface area contributed by atoms with E-state index in [1.54, 1.807) is 41.2 Å². The van der Waals surface area contributed by atoms with Gasteiger partial charge in [-0.1, -0.05) is 18.2 Å². The Morgan fingerprint density at radius 3 is 2.77 bits per heavy atom. The van der Waals surface area contributed by atoms with Gasteiger partial charge in [-0.3, -0.25) is 4.68 Å². The van der Waals surface area contributed by atoms with Crippen molar-refractivity contribution >= 4 is 11.7 Å². The summed E-state index contributed by atoms with van der Waals surface area (Å²) in [5.41, 5.74) is 1.44. The second-order valence-corrected chi connectivity index (χ2v) is 5.58. The Hall–Kier alpha value is -3.35. The average Bonchev–Trinajstić information content (AvgIpc) is 3.15. The van der Waals surface area contributed by atoms with Gasteiger partial charge in [0.1, 0.15) is 18.2 Å². The summed E-state index contributed by atoms with van der Waals surface area (Å²) in [7, 11) is 0. The van der Waals surface area contributed by atoms with Gasteiger partial charge >= 0.3 is 6.03 Å². The largest absolute Gasteiger partial charge is 0.492 e. The predicted molar refractivity (Wildman–Crippen MR) is 96.4 cm³/mol. The molecule has 0 unspecified atom stereocenters. The van der Waals surface area contributed by atoms with Crippen molar-refractivity contribution in [1.29, 1.82) is 0 Å². The van der Waals surface area contributed by atoms with Crippen LogP contribution in [0.5, 0.6) is 5.75 Å². The molecule has 134 valence electrons. The quantitative estimate of drug-likeness (QED) is 0.683. The van der Waals surface area contributed by atoms with Crippen LogP contribution < -0.4 is 15.4 Å². The third-order valence-electron chi connectivity index (χ3n) is 3.61. The Morgan fingerprint density at radius 1 is 1.15 bits per heavy atom. The van der Waals surface area contributed by atoms with Crippen molar-refractivity contribution in [2.24, 2.45) is 0 Å². The molecule has 0 saturated heterocycles. The molecule has 0 aliphatic heterocycles. The van der Waals surface area contributed by atoms with E-state index in [2.05, 4.69) is 15.7 Å². The first kappa shape index (κ1) is 17.5. The number of carbonyl (C=O) groups is 1. The second kappa shape index (κ2) is 8.66. The fraction of sp³-hybridized carbons (Fsp3) is 0.158. The van der Waals surface area contributed by atoms with E-state index in [9.17, 15) is 9.18 Å². The van der Waals surface area contributed by atoms with E-state index in [1.807, 2.05) is 18.3 Å². The monoisotopic (exact) mass is 354 g/mol. The van der Waals surface area contributed by atoms with E-state index in [0.29, 0.717) is 31.1 Å². The number of anilines is 1. The van der Waals surface area contributed by atoms with Gasteiger partial charge < -0.3 is 15.4 Å². The Morgan fingerprint density at radius 2 is 2.00 bits per heavy atom. The zero-order chi connectivity index (χ0) is 18.2. The molecule has 0 aliphatic carbocycles. The van der Waals surface area contributed by atoms with E-state index < -0.39 is 0 Å². The number of urea groups is 1. The maximum atomic E-state index is 12.9. The molecule has 1 heterocycles. The number of ether oxygens (including phenoxy) is 1. The lowest BCUT2D eigenvalue weighted by atomic mass is 10.2. The molecule has 0 bridgehead atoms. The highest BCUT2D eigenvalue weighted by Crippen LogP contribution is 2.17. The van der Waals surface area contributed by atoms with Crippen LogP contribution in [0.1, 0.15) is 5.56 Å². The van der Waals surface area contributed by atoms with Crippen molar-refractivity contribution in [3.8, 4) is 5.75 Å². The van der Waals surface area contributed by atoms with E-state index in [4.69, 9.17) is 4.74 Å². The minimum absolute atomic E-state index is 0.303. The Kier molecular flexibility index (Phi) is 5.82. The summed E-state index contributed by atoms with van der Waals surface area (Å²) in [5, 5.41) is 9.57. The van der Waals surface area contributed by atoms with E-state index in [1.165, 1.54) is 12.1 Å². The van der Waals surface area contributed by atoms with Crippen molar-refractivity contribution in [3.05, 3.63) is 78.4 Å². The first-order valence-corrected chi connectivity index (χ1v) is 8.19. The van der Waals surface area contributed by atoms with Crippen LogP contribution in [-0.2, 0) is 13.1 Å². The van der Waals surface area contributed by atoms with Crippen molar-refractivity contribution < 1.29 is 13.9 Å².